The van der Waals surface area contributed by atoms with Crippen LogP contribution in [0.15, 0.2) is 0 Å². The zero-order valence-corrected chi connectivity index (χ0v) is 14.2. The normalized spacial score (nSPS) is 29.3. The average Bonchev–Trinajstić information content (AvgIpc) is 2.45. The minimum Gasteiger partial charge on any atom is -0.420 e. The third-order valence-corrected chi connectivity index (χ3v) is 9.97. The van der Waals surface area contributed by atoms with Crippen molar-refractivity contribution in [2.45, 2.75) is 75.5 Å². The molecule has 2 nitrogen and oxygen atoms in total. The standard InChI is InChI=1S/C14H30O2Si2/c1(5-11-17-13-7-3-9-15-17)2-6-12-18-14-8-4-10-16-18/h17-18H,1-14H2. The van der Waals surface area contributed by atoms with Gasteiger partial charge in [0.05, 0.1) is 0 Å². The molecular weight excluding hydrogens is 256 g/mol. The van der Waals surface area contributed by atoms with Crippen LogP contribution in [0.3, 0.4) is 0 Å². The lowest BCUT2D eigenvalue weighted by atomic mass is 10.2. The summed E-state index contributed by atoms with van der Waals surface area (Å²) in [5.41, 5.74) is 0. The van der Waals surface area contributed by atoms with E-state index in [1.807, 2.05) is 0 Å². The van der Waals surface area contributed by atoms with E-state index in [1.54, 1.807) is 0 Å². The molecule has 0 bridgehead atoms. The summed E-state index contributed by atoms with van der Waals surface area (Å²) in [5, 5.41) is 0. The molecule has 2 aliphatic heterocycles. The summed E-state index contributed by atoms with van der Waals surface area (Å²) >= 11 is 0. The Kier molecular flexibility index (Phi) is 7.61. The minimum atomic E-state index is -0.722. The van der Waals surface area contributed by atoms with Crippen LogP contribution in [0.25, 0.3) is 0 Å². The Morgan fingerprint density at radius 1 is 0.611 bits per heavy atom. The maximum absolute atomic E-state index is 5.91. The van der Waals surface area contributed by atoms with Crippen LogP contribution in [-0.2, 0) is 8.85 Å². The first-order chi connectivity index (χ1) is 8.95. The van der Waals surface area contributed by atoms with E-state index in [9.17, 15) is 0 Å². The number of hydrogen-bond donors (Lipinski definition) is 0. The van der Waals surface area contributed by atoms with Gasteiger partial charge in [0.2, 0.25) is 0 Å². The van der Waals surface area contributed by atoms with Crippen LogP contribution >= 0.6 is 0 Å². The zero-order chi connectivity index (χ0) is 12.5. The molecule has 4 heteroatoms. The number of unbranched alkanes of at least 4 members (excludes halogenated alkanes) is 3. The summed E-state index contributed by atoms with van der Waals surface area (Å²) in [5.74, 6) is 0. The SMILES string of the molecule is C(CCC[SiH]1CCCCO1)CC[SiH]1CCCCO1. The third kappa shape index (κ3) is 6.00. The maximum atomic E-state index is 5.91. The van der Waals surface area contributed by atoms with Gasteiger partial charge in [0.15, 0.2) is 18.1 Å². The molecular formula is C14H30O2Si2. The fraction of sp³-hybridized carbons (Fsp3) is 1.00. The first kappa shape index (κ1) is 14.8. The van der Waals surface area contributed by atoms with Gasteiger partial charge in [-0.1, -0.05) is 38.5 Å². The molecule has 0 radical (unpaired) electrons. The fourth-order valence-electron chi connectivity index (χ4n) is 3.17. The monoisotopic (exact) mass is 286 g/mol. The van der Waals surface area contributed by atoms with E-state index in [0.29, 0.717) is 0 Å². The molecule has 2 atom stereocenters. The van der Waals surface area contributed by atoms with E-state index in [2.05, 4.69) is 0 Å². The van der Waals surface area contributed by atoms with Crippen molar-refractivity contribution < 1.29 is 8.85 Å². The van der Waals surface area contributed by atoms with E-state index in [1.165, 1.54) is 75.5 Å². The van der Waals surface area contributed by atoms with Crippen molar-refractivity contribution >= 4 is 18.1 Å². The predicted octanol–water partition coefficient (Wildman–Crippen LogP) is 3.62. The quantitative estimate of drug-likeness (QED) is 0.526. The van der Waals surface area contributed by atoms with Gasteiger partial charge >= 0.3 is 0 Å². The molecule has 0 amide bonds. The molecule has 0 aromatic carbocycles. The molecule has 18 heavy (non-hydrogen) atoms. The van der Waals surface area contributed by atoms with Crippen LogP contribution in [0, 0.1) is 0 Å². The molecule has 0 aromatic heterocycles. The largest absolute Gasteiger partial charge is 0.420 e. The van der Waals surface area contributed by atoms with Gasteiger partial charge in [0.1, 0.15) is 0 Å². The van der Waals surface area contributed by atoms with Crippen molar-refractivity contribution in [2.24, 2.45) is 0 Å². The van der Waals surface area contributed by atoms with Crippen LogP contribution in [0.2, 0.25) is 24.2 Å². The molecule has 0 aliphatic carbocycles. The Balaban J connectivity index is 1.39. The van der Waals surface area contributed by atoms with Gasteiger partial charge in [0, 0.05) is 13.2 Å². The molecule has 0 N–H and O–H groups in total. The van der Waals surface area contributed by atoms with Gasteiger partial charge < -0.3 is 8.85 Å². The molecule has 2 heterocycles. The lowest BCUT2D eigenvalue weighted by Crippen LogP contribution is -2.23. The number of rotatable bonds is 7. The summed E-state index contributed by atoms with van der Waals surface area (Å²) in [6.07, 6.45) is 11.3. The Morgan fingerprint density at radius 3 is 1.50 bits per heavy atom. The smallest absolute Gasteiger partial charge is 0.176 e. The van der Waals surface area contributed by atoms with Crippen molar-refractivity contribution in [3.8, 4) is 0 Å². The molecule has 2 fully saturated rings. The molecule has 2 unspecified atom stereocenters. The predicted molar refractivity (Wildman–Crippen MR) is 82.4 cm³/mol. The van der Waals surface area contributed by atoms with E-state index >= 15 is 0 Å². The van der Waals surface area contributed by atoms with Crippen molar-refractivity contribution in [2.75, 3.05) is 13.2 Å². The van der Waals surface area contributed by atoms with Crippen LogP contribution in [0.5, 0.6) is 0 Å². The first-order valence-electron chi connectivity index (χ1n) is 8.18. The Morgan fingerprint density at radius 2 is 1.11 bits per heavy atom. The molecule has 2 aliphatic rings. The minimum absolute atomic E-state index is 0.722. The Bertz CT molecular complexity index is 180. The summed E-state index contributed by atoms with van der Waals surface area (Å²) < 4.78 is 11.8. The van der Waals surface area contributed by atoms with E-state index in [4.69, 9.17) is 8.85 Å². The van der Waals surface area contributed by atoms with Gasteiger partial charge in [0.25, 0.3) is 0 Å². The number of hydrogen-bond acceptors (Lipinski definition) is 2. The highest BCUT2D eigenvalue weighted by molar-refractivity contribution is 6.52. The second kappa shape index (κ2) is 9.29. The maximum Gasteiger partial charge on any atom is 0.176 e. The molecule has 2 saturated heterocycles. The summed E-state index contributed by atoms with van der Waals surface area (Å²) in [6.45, 7) is 2.14. The Hall–Kier alpha value is 0.354. The third-order valence-electron chi connectivity index (χ3n) is 4.35. The van der Waals surface area contributed by atoms with E-state index in [-0.39, 0.29) is 0 Å². The second-order valence-corrected chi connectivity index (χ2v) is 11.4. The molecule has 2 rings (SSSR count). The topological polar surface area (TPSA) is 18.5 Å². The highest BCUT2D eigenvalue weighted by Gasteiger charge is 2.16. The second-order valence-electron chi connectivity index (χ2n) is 5.97. The van der Waals surface area contributed by atoms with Crippen LogP contribution in [-0.4, -0.2) is 31.3 Å². The first-order valence-corrected chi connectivity index (χ1v) is 12.4. The Labute approximate surface area is 116 Å². The molecule has 0 saturated carbocycles. The summed E-state index contributed by atoms with van der Waals surface area (Å²) in [4.78, 5) is 0. The van der Waals surface area contributed by atoms with Gasteiger partial charge in [-0.25, -0.2) is 0 Å². The van der Waals surface area contributed by atoms with Crippen molar-refractivity contribution in [1.82, 2.24) is 0 Å². The fourth-order valence-corrected chi connectivity index (χ4v) is 8.39. The van der Waals surface area contributed by atoms with Crippen molar-refractivity contribution in [3.05, 3.63) is 0 Å². The van der Waals surface area contributed by atoms with Gasteiger partial charge in [-0.05, 0) is 37.0 Å². The molecule has 106 valence electrons. The lowest BCUT2D eigenvalue weighted by molar-refractivity contribution is 0.284. The summed E-state index contributed by atoms with van der Waals surface area (Å²) in [7, 11) is -1.44. The lowest BCUT2D eigenvalue weighted by Gasteiger charge is -2.21. The average molecular weight is 287 g/mol. The van der Waals surface area contributed by atoms with Crippen molar-refractivity contribution in [3.63, 3.8) is 0 Å². The van der Waals surface area contributed by atoms with Gasteiger partial charge in [-0.3, -0.25) is 0 Å². The van der Waals surface area contributed by atoms with E-state index in [0.717, 1.165) is 13.2 Å². The van der Waals surface area contributed by atoms with Crippen LogP contribution in [0.4, 0.5) is 0 Å². The highest BCUT2D eigenvalue weighted by atomic mass is 28.3. The van der Waals surface area contributed by atoms with Crippen molar-refractivity contribution in [1.29, 1.82) is 0 Å². The van der Waals surface area contributed by atoms with Gasteiger partial charge in [-0.15, -0.1) is 0 Å². The summed E-state index contributed by atoms with van der Waals surface area (Å²) in [6, 6.07) is 5.78. The highest BCUT2D eigenvalue weighted by Crippen LogP contribution is 2.19. The molecule has 0 spiro atoms. The zero-order valence-electron chi connectivity index (χ0n) is 11.9. The van der Waals surface area contributed by atoms with Crippen LogP contribution < -0.4 is 0 Å². The van der Waals surface area contributed by atoms with Gasteiger partial charge in [-0.2, -0.15) is 0 Å². The van der Waals surface area contributed by atoms with E-state index < -0.39 is 18.1 Å². The van der Waals surface area contributed by atoms with Crippen LogP contribution in [0.1, 0.15) is 51.4 Å². The molecule has 0 aromatic rings.